The molecule has 0 saturated carbocycles. The van der Waals surface area contributed by atoms with Gasteiger partial charge in [-0.2, -0.15) is 10.2 Å². The third kappa shape index (κ3) is 3.98. The van der Waals surface area contributed by atoms with Crippen LogP contribution >= 0.6 is 0 Å². The lowest BCUT2D eigenvalue weighted by molar-refractivity contribution is 0.190. The molecule has 0 aliphatic heterocycles. The molecule has 0 spiro atoms. The summed E-state index contributed by atoms with van der Waals surface area (Å²) in [5.74, 6) is 0.451. The molecule has 1 atom stereocenters. The Morgan fingerprint density at radius 1 is 0.938 bits per heavy atom. The Kier molecular flexibility index (Phi) is 6.24. The molecule has 0 saturated heterocycles. The SMILES string of the molecule is CNCCC(Oc1cccc(-n2c(C)c3c(C)nnc(C)c3c2C)c1)c1ccccc1F. The van der Waals surface area contributed by atoms with Gasteiger partial charge in [0.2, 0.25) is 0 Å². The van der Waals surface area contributed by atoms with Crippen molar-refractivity contribution in [2.24, 2.45) is 0 Å². The maximum atomic E-state index is 14.5. The topological polar surface area (TPSA) is 52.0 Å². The van der Waals surface area contributed by atoms with Gasteiger partial charge >= 0.3 is 0 Å². The van der Waals surface area contributed by atoms with Crippen molar-refractivity contribution in [3.8, 4) is 11.4 Å². The summed E-state index contributed by atoms with van der Waals surface area (Å²) in [6, 6.07) is 14.8. The largest absolute Gasteiger partial charge is 0.486 e. The second-order valence-corrected chi connectivity index (χ2v) is 8.14. The minimum atomic E-state index is -0.386. The van der Waals surface area contributed by atoms with Crippen molar-refractivity contribution < 1.29 is 9.13 Å². The van der Waals surface area contributed by atoms with E-state index in [1.165, 1.54) is 6.07 Å². The smallest absolute Gasteiger partial charge is 0.130 e. The molecule has 0 fully saturated rings. The summed E-state index contributed by atoms with van der Waals surface area (Å²) in [7, 11) is 1.88. The zero-order valence-corrected chi connectivity index (χ0v) is 19.2. The number of halogens is 1. The molecular weight excluding hydrogens is 403 g/mol. The number of fused-ring (bicyclic) bond motifs is 1. The highest BCUT2D eigenvalue weighted by Gasteiger charge is 2.20. The van der Waals surface area contributed by atoms with Crippen LogP contribution in [0.25, 0.3) is 16.5 Å². The van der Waals surface area contributed by atoms with Crippen LogP contribution in [0, 0.1) is 33.5 Å². The Balaban J connectivity index is 1.75. The Morgan fingerprint density at radius 2 is 1.59 bits per heavy atom. The van der Waals surface area contributed by atoms with Crippen LogP contribution in [0.5, 0.6) is 5.75 Å². The molecule has 0 bridgehead atoms. The quantitative estimate of drug-likeness (QED) is 0.418. The number of aryl methyl sites for hydroxylation is 4. The summed E-state index contributed by atoms with van der Waals surface area (Å²) < 4.78 is 23.0. The van der Waals surface area contributed by atoms with Gasteiger partial charge in [-0.3, -0.25) is 0 Å². The molecule has 32 heavy (non-hydrogen) atoms. The molecule has 1 N–H and O–H groups in total. The van der Waals surface area contributed by atoms with Gasteiger partial charge in [-0.05, 0) is 59.5 Å². The van der Waals surface area contributed by atoms with Crippen molar-refractivity contribution >= 4 is 10.8 Å². The molecule has 0 amide bonds. The number of hydrogen-bond donors (Lipinski definition) is 1. The average molecular weight is 433 g/mol. The van der Waals surface area contributed by atoms with Gasteiger partial charge in [0.1, 0.15) is 17.7 Å². The molecule has 2 heterocycles. The lowest BCUT2D eigenvalue weighted by Gasteiger charge is -2.21. The Bertz CT molecular complexity index is 1220. The number of ether oxygens (including phenoxy) is 1. The molecule has 0 aliphatic carbocycles. The fraction of sp³-hybridized carbons (Fsp3) is 0.308. The molecule has 2 aromatic carbocycles. The molecule has 0 aliphatic rings. The predicted molar refractivity (Wildman–Crippen MR) is 126 cm³/mol. The molecule has 5 nitrogen and oxygen atoms in total. The third-order valence-corrected chi connectivity index (χ3v) is 5.98. The first kappa shape index (κ1) is 22.0. The van der Waals surface area contributed by atoms with Crippen LogP contribution in [0.1, 0.15) is 40.9 Å². The summed E-state index contributed by atoms with van der Waals surface area (Å²) in [5.41, 5.74) is 5.63. The van der Waals surface area contributed by atoms with Crippen LogP contribution in [0.2, 0.25) is 0 Å². The molecule has 4 rings (SSSR count). The zero-order chi connectivity index (χ0) is 22.8. The number of nitrogens with one attached hydrogen (secondary N) is 1. The Hall–Kier alpha value is -3.25. The monoisotopic (exact) mass is 432 g/mol. The van der Waals surface area contributed by atoms with Crippen molar-refractivity contribution in [2.75, 3.05) is 13.6 Å². The number of rotatable bonds is 7. The van der Waals surface area contributed by atoms with Gasteiger partial charge in [0.15, 0.2) is 0 Å². The van der Waals surface area contributed by atoms with E-state index in [-0.39, 0.29) is 11.9 Å². The van der Waals surface area contributed by atoms with Gasteiger partial charge in [-0.1, -0.05) is 24.3 Å². The van der Waals surface area contributed by atoms with Crippen molar-refractivity contribution in [2.45, 2.75) is 40.2 Å². The predicted octanol–water partition coefficient (Wildman–Crippen LogP) is 5.52. The number of hydrogen-bond acceptors (Lipinski definition) is 4. The van der Waals surface area contributed by atoms with E-state index in [0.717, 1.165) is 45.8 Å². The fourth-order valence-electron chi connectivity index (χ4n) is 4.51. The second-order valence-electron chi connectivity index (χ2n) is 8.14. The molecular formula is C26H29FN4O. The summed E-state index contributed by atoms with van der Waals surface area (Å²) in [5, 5.41) is 14.0. The van der Waals surface area contributed by atoms with E-state index in [0.29, 0.717) is 17.7 Å². The maximum Gasteiger partial charge on any atom is 0.130 e. The highest BCUT2D eigenvalue weighted by Crippen LogP contribution is 2.33. The molecule has 2 aromatic heterocycles. The first-order chi connectivity index (χ1) is 15.4. The number of benzene rings is 2. The van der Waals surface area contributed by atoms with Crippen molar-refractivity contribution in [3.05, 3.63) is 82.7 Å². The fourth-order valence-corrected chi connectivity index (χ4v) is 4.51. The Morgan fingerprint density at radius 3 is 2.22 bits per heavy atom. The standard InChI is InChI=1S/C26H29FN4O/c1-16-25-18(3)31(19(4)26(25)17(2)30-29-16)20-9-8-10-21(15-20)32-24(13-14-28-5)22-11-6-7-12-23(22)27/h6-12,15,24,28H,13-14H2,1-5H3. The molecule has 4 aromatic rings. The zero-order valence-electron chi connectivity index (χ0n) is 19.2. The highest BCUT2D eigenvalue weighted by atomic mass is 19.1. The van der Waals surface area contributed by atoms with Gasteiger partial charge in [-0.25, -0.2) is 4.39 Å². The van der Waals surface area contributed by atoms with Crippen molar-refractivity contribution in [1.82, 2.24) is 20.1 Å². The third-order valence-electron chi connectivity index (χ3n) is 5.98. The minimum Gasteiger partial charge on any atom is -0.486 e. The van der Waals surface area contributed by atoms with E-state index in [1.54, 1.807) is 12.1 Å². The van der Waals surface area contributed by atoms with E-state index in [4.69, 9.17) is 4.74 Å². The van der Waals surface area contributed by atoms with Crippen LogP contribution in [0.4, 0.5) is 4.39 Å². The molecule has 6 heteroatoms. The van der Waals surface area contributed by atoms with Crippen LogP contribution < -0.4 is 10.1 Å². The summed E-state index contributed by atoms with van der Waals surface area (Å²) in [6.45, 7) is 8.91. The summed E-state index contributed by atoms with van der Waals surface area (Å²) in [6.07, 6.45) is 0.269. The van der Waals surface area contributed by atoms with Gasteiger partial charge in [0, 0.05) is 45.9 Å². The second kappa shape index (κ2) is 9.09. The highest BCUT2D eigenvalue weighted by molar-refractivity contribution is 5.92. The first-order valence-electron chi connectivity index (χ1n) is 10.9. The van der Waals surface area contributed by atoms with Crippen LogP contribution in [0.3, 0.4) is 0 Å². The molecule has 1 unspecified atom stereocenters. The van der Waals surface area contributed by atoms with Gasteiger partial charge in [0.25, 0.3) is 0 Å². The van der Waals surface area contributed by atoms with E-state index < -0.39 is 0 Å². The Labute approximate surface area is 188 Å². The lowest BCUT2D eigenvalue weighted by atomic mass is 10.1. The van der Waals surface area contributed by atoms with Crippen LogP contribution in [-0.4, -0.2) is 28.4 Å². The number of aromatic nitrogens is 3. The maximum absolute atomic E-state index is 14.5. The van der Waals surface area contributed by atoms with Crippen molar-refractivity contribution in [1.29, 1.82) is 0 Å². The van der Waals surface area contributed by atoms with Gasteiger partial charge in [0.05, 0.1) is 11.4 Å². The summed E-state index contributed by atoms with van der Waals surface area (Å²) in [4.78, 5) is 0. The van der Waals surface area contributed by atoms with E-state index in [1.807, 2.05) is 45.2 Å². The molecule has 166 valence electrons. The van der Waals surface area contributed by atoms with E-state index in [2.05, 4.69) is 40.0 Å². The van der Waals surface area contributed by atoms with Crippen molar-refractivity contribution in [3.63, 3.8) is 0 Å². The average Bonchev–Trinajstić information content (AvgIpc) is 3.06. The minimum absolute atomic E-state index is 0.251. The first-order valence-corrected chi connectivity index (χ1v) is 10.9. The lowest BCUT2D eigenvalue weighted by Crippen LogP contribution is -2.17. The number of nitrogens with zero attached hydrogens (tertiary/aromatic N) is 3. The van der Waals surface area contributed by atoms with Crippen LogP contribution in [0.15, 0.2) is 48.5 Å². The summed E-state index contributed by atoms with van der Waals surface area (Å²) >= 11 is 0. The van der Waals surface area contributed by atoms with Crippen LogP contribution in [-0.2, 0) is 0 Å². The van der Waals surface area contributed by atoms with Gasteiger partial charge in [-0.15, -0.1) is 0 Å². The normalized spacial score (nSPS) is 12.3. The van der Waals surface area contributed by atoms with E-state index in [9.17, 15) is 4.39 Å². The molecule has 0 radical (unpaired) electrons. The van der Waals surface area contributed by atoms with E-state index >= 15 is 0 Å². The van der Waals surface area contributed by atoms with Gasteiger partial charge < -0.3 is 14.6 Å².